The smallest absolute Gasteiger partial charge is 0.354 e. The molecule has 1 aromatic carbocycles. The van der Waals surface area contributed by atoms with Gasteiger partial charge in [0.2, 0.25) is 0 Å². The third-order valence-corrected chi connectivity index (χ3v) is 2.78. The van der Waals surface area contributed by atoms with Gasteiger partial charge in [0, 0.05) is 17.8 Å². The fraction of sp³-hybridized carbons (Fsp3) is 0. The molecule has 0 spiro atoms. The van der Waals surface area contributed by atoms with Crippen LogP contribution < -0.4 is 5.32 Å². The van der Waals surface area contributed by atoms with Gasteiger partial charge in [0.05, 0.1) is 10.7 Å². The van der Waals surface area contributed by atoms with Crippen molar-refractivity contribution in [3.63, 3.8) is 0 Å². The Balaban J connectivity index is 2.30. The standard InChI is InChI=1S/C13H7ClF2N2O3/c14-8-4-7(15)5-9(16)11(8)18-12(19)6-1-2-17-10(3-6)13(20)21/h1-5H,(H,18,19)(H,20,21). The molecule has 0 aliphatic rings. The summed E-state index contributed by atoms with van der Waals surface area (Å²) in [5, 5.41) is 10.6. The Morgan fingerprint density at radius 3 is 2.57 bits per heavy atom. The van der Waals surface area contributed by atoms with Crippen LogP contribution in [0.2, 0.25) is 5.02 Å². The number of rotatable bonds is 3. The molecule has 1 heterocycles. The molecule has 0 bridgehead atoms. The molecule has 2 rings (SSSR count). The number of amides is 1. The molecule has 0 fully saturated rings. The topological polar surface area (TPSA) is 79.3 Å². The number of halogens is 3. The van der Waals surface area contributed by atoms with Crippen LogP contribution in [0.5, 0.6) is 0 Å². The molecule has 1 aromatic heterocycles. The third kappa shape index (κ3) is 3.32. The molecule has 8 heteroatoms. The number of pyridine rings is 1. The number of carbonyl (C=O) groups excluding carboxylic acids is 1. The molecular formula is C13H7ClF2N2O3. The van der Waals surface area contributed by atoms with Gasteiger partial charge < -0.3 is 10.4 Å². The molecule has 108 valence electrons. The van der Waals surface area contributed by atoms with E-state index in [1.54, 1.807) is 0 Å². The van der Waals surface area contributed by atoms with Gasteiger partial charge in [-0.25, -0.2) is 18.6 Å². The molecule has 0 unspecified atom stereocenters. The zero-order chi connectivity index (χ0) is 15.6. The Hall–Kier alpha value is -2.54. The highest BCUT2D eigenvalue weighted by Gasteiger charge is 2.15. The summed E-state index contributed by atoms with van der Waals surface area (Å²) in [4.78, 5) is 26.2. The monoisotopic (exact) mass is 312 g/mol. The number of anilines is 1. The van der Waals surface area contributed by atoms with E-state index in [0.717, 1.165) is 18.3 Å². The number of aromatic carboxylic acids is 1. The number of nitrogens with one attached hydrogen (secondary N) is 1. The normalized spacial score (nSPS) is 10.2. The maximum Gasteiger partial charge on any atom is 0.354 e. The zero-order valence-corrected chi connectivity index (χ0v) is 11.0. The number of hydrogen-bond acceptors (Lipinski definition) is 3. The summed E-state index contributed by atoms with van der Waals surface area (Å²) in [5.74, 6) is -4.03. The Morgan fingerprint density at radius 2 is 1.95 bits per heavy atom. The Kier molecular flexibility index (Phi) is 4.13. The fourth-order valence-corrected chi connectivity index (χ4v) is 1.78. The SMILES string of the molecule is O=C(Nc1c(F)cc(F)cc1Cl)c1ccnc(C(=O)O)c1. The van der Waals surface area contributed by atoms with Gasteiger partial charge in [-0.1, -0.05) is 11.6 Å². The lowest BCUT2D eigenvalue weighted by Gasteiger charge is -2.09. The van der Waals surface area contributed by atoms with E-state index in [1.807, 2.05) is 0 Å². The number of aromatic nitrogens is 1. The first-order valence-corrected chi connectivity index (χ1v) is 5.91. The lowest BCUT2D eigenvalue weighted by atomic mass is 10.2. The number of benzene rings is 1. The quantitative estimate of drug-likeness (QED) is 0.913. The summed E-state index contributed by atoms with van der Waals surface area (Å²) in [7, 11) is 0. The number of carboxylic acid groups (broad SMARTS) is 1. The average molecular weight is 313 g/mol. The predicted octanol–water partition coefficient (Wildman–Crippen LogP) is 2.96. The van der Waals surface area contributed by atoms with Crippen LogP contribution in [0.25, 0.3) is 0 Å². The highest BCUT2D eigenvalue weighted by atomic mass is 35.5. The Labute approximate surface area is 122 Å². The second kappa shape index (κ2) is 5.84. The van der Waals surface area contributed by atoms with Gasteiger partial charge in [0.15, 0.2) is 5.82 Å². The summed E-state index contributed by atoms with van der Waals surface area (Å²) in [5.41, 5.74) is -0.785. The molecule has 0 aliphatic heterocycles. The maximum absolute atomic E-state index is 13.5. The van der Waals surface area contributed by atoms with Crippen molar-refractivity contribution in [1.82, 2.24) is 4.98 Å². The van der Waals surface area contributed by atoms with Crippen molar-refractivity contribution in [2.45, 2.75) is 0 Å². The minimum absolute atomic E-state index is 0.0535. The van der Waals surface area contributed by atoms with Crippen LogP contribution in [0.1, 0.15) is 20.8 Å². The van der Waals surface area contributed by atoms with E-state index in [4.69, 9.17) is 16.7 Å². The molecule has 5 nitrogen and oxygen atoms in total. The van der Waals surface area contributed by atoms with Crippen molar-refractivity contribution in [2.75, 3.05) is 5.32 Å². The van der Waals surface area contributed by atoms with Gasteiger partial charge in [-0.15, -0.1) is 0 Å². The molecule has 0 radical (unpaired) electrons. The van der Waals surface area contributed by atoms with Crippen LogP contribution >= 0.6 is 11.6 Å². The summed E-state index contributed by atoms with van der Waals surface area (Å²) >= 11 is 5.65. The van der Waals surface area contributed by atoms with E-state index in [2.05, 4.69) is 10.3 Å². The predicted molar refractivity (Wildman–Crippen MR) is 70.5 cm³/mol. The van der Waals surface area contributed by atoms with Gasteiger partial charge >= 0.3 is 5.97 Å². The van der Waals surface area contributed by atoms with E-state index in [-0.39, 0.29) is 16.3 Å². The summed E-state index contributed by atoms with van der Waals surface area (Å²) in [6, 6.07) is 3.68. The van der Waals surface area contributed by atoms with Gasteiger partial charge in [0.25, 0.3) is 5.91 Å². The lowest BCUT2D eigenvalue weighted by Crippen LogP contribution is -2.15. The lowest BCUT2D eigenvalue weighted by molar-refractivity contribution is 0.0690. The molecule has 21 heavy (non-hydrogen) atoms. The molecule has 2 N–H and O–H groups in total. The first kappa shape index (κ1) is 14.9. The molecular weight excluding hydrogens is 306 g/mol. The highest BCUT2D eigenvalue weighted by Crippen LogP contribution is 2.26. The van der Waals surface area contributed by atoms with Crippen LogP contribution in [0.4, 0.5) is 14.5 Å². The summed E-state index contributed by atoms with van der Waals surface area (Å²) in [6.07, 6.45) is 1.13. The van der Waals surface area contributed by atoms with Crippen molar-refractivity contribution in [3.8, 4) is 0 Å². The molecule has 0 atom stereocenters. The van der Waals surface area contributed by atoms with E-state index in [9.17, 15) is 18.4 Å². The van der Waals surface area contributed by atoms with Crippen molar-refractivity contribution in [1.29, 1.82) is 0 Å². The van der Waals surface area contributed by atoms with Crippen LogP contribution in [0, 0.1) is 11.6 Å². The Bertz CT molecular complexity index is 714. The third-order valence-electron chi connectivity index (χ3n) is 2.49. The average Bonchev–Trinajstić information content (AvgIpc) is 2.42. The molecule has 0 saturated heterocycles. The van der Waals surface area contributed by atoms with Gasteiger partial charge in [-0.2, -0.15) is 0 Å². The number of nitrogens with zero attached hydrogens (tertiary/aromatic N) is 1. The number of carboxylic acids is 1. The minimum atomic E-state index is -1.31. The molecule has 0 aliphatic carbocycles. The maximum atomic E-state index is 13.5. The fourth-order valence-electron chi connectivity index (χ4n) is 1.54. The van der Waals surface area contributed by atoms with Crippen molar-refractivity contribution in [3.05, 3.63) is 58.4 Å². The molecule has 0 saturated carbocycles. The first-order valence-electron chi connectivity index (χ1n) is 5.53. The van der Waals surface area contributed by atoms with E-state index >= 15 is 0 Å². The van der Waals surface area contributed by atoms with Gasteiger partial charge in [0.1, 0.15) is 11.5 Å². The van der Waals surface area contributed by atoms with Gasteiger partial charge in [-0.05, 0) is 18.2 Å². The van der Waals surface area contributed by atoms with Crippen LogP contribution in [-0.2, 0) is 0 Å². The van der Waals surface area contributed by atoms with Crippen molar-refractivity contribution >= 4 is 29.2 Å². The van der Waals surface area contributed by atoms with Crippen molar-refractivity contribution in [2.24, 2.45) is 0 Å². The van der Waals surface area contributed by atoms with E-state index < -0.39 is 29.2 Å². The van der Waals surface area contributed by atoms with Crippen LogP contribution in [0.15, 0.2) is 30.5 Å². The first-order chi connectivity index (χ1) is 9.88. The van der Waals surface area contributed by atoms with Gasteiger partial charge in [-0.3, -0.25) is 4.79 Å². The van der Waals surface area contributed by atoms with E-state index in [0.29, 0.717) is 6.07 Å². The minimum Gasteiger partial charge on any atom is -0.477 e. The van der Waals surface area contributed by atoms with Crippen LogP contribution in [0.3, 0.4) is 0 Å². The van der Waals surface area contributed by atoms with Crippen LogP contribution in [-0.4, -0.2) is 22.0 Å². The summed E-state index contributed by atoms with van der Waals surface area (Å²) in [6.45, 7) is 0. The number of carbonyl (C=O) groups is 2. The van der Waals surface area contributed by atoms with E-state index in [1.165, 1.54) is 6.07 Å². The molecule has 2 aromatic rings. The molecule has 1 amide bonds. The highest BCUT2D eigenvalue weighted by molar-refractivity contribution is 6.34. The second-order valence-electron chi connectivity index (χ2n) is 3.93. The Morgan fingerprint density at radius 1 is 1.24 bits per heavy atom. The number of hydrogen-bond donors (Lipinski definition) is 2. The second-order valence-corrected chi connectivity index (χ2v) is 4.34. The largest absolute Gasteiger partial charge is 0.477 e. The zero-order valence-electron chi connectivity index (χ0n) is 10.2. The summed E-state index contributed by atoms with van der Waals surface area (Å²) < 4.78 is 26.4. The van der Waals surface area contributed by atoms with Crippen molar-refractivity contribution < 1.29 is 23.5 Å².